The fourth-order valence-corrected chi connectivity index (χ4v) is 4.40. The molecule has 0 bridgehead atoms. The molecule has 24 heavy (non-hydrogen) atoms. The van der Waals surface area contributed by atoms with E-state index in [-0.39, 0.29) is 25.1 Å². The number of aryl methyl sites for hydroxylation is 1. The minimum Gasteiger partial charge on any atom is -0.450 e. The van der Waals surface area contributed by atoms with E-state index in [1.54, 1.807) is 17.9 Å². The van der Waals surface area contributed by atoms with E-state index in [1.165, 1.54) is 4.31 Å². The minimum atomic E-state index is -3.56. The number of carbonyl (C=O) groups is 1. The van der Waals surface area contributed by atoms with Crippen molar-refractivity contribution in [1.29, 1.82) is 0 Å². The Morgan fingerprint density at radius 3 is 2.38 bits per heavy atom. The Labute approximate surface area is 144 Å². The molecule has 6 nitrogen and oxygen atoms in total. The highest BCUT2D eigenvalue weighted by Crippen LogP contribution is 2.25. The summed E-state index contributed by atoms with van der Waals surface area (Å²) in [6, 6.07) is 5.60. The van der Waals surface area contributed by atoms with Crippen LogP contribution in [-0.4, -0.2) is 56.5 Å². The van der Waals surface area contributed by atoms with Gasteiger partial charge in [0.25, 0.3) is 0 Å². The van der Waals surface area contributed by atoms with Gasteiger partial charge in [-0.25, -0.2) is 13.2 Å². The predicted octanol–water partition coefficient (Wildman–Crippen LogP) is 2.58. The third kappa shape index (κ3) is 3.89. The second-order valence-corrected chi connectivity index (χ2v) is 8.18. The summed E-state index contributed by atoms with van der Waals surface area (Å²) in [6.07, 6.45) is -0.382. The molecule has 1 amide bonds. The smallest absolute Gasteiger partial charge is 0.409 e. The van der Waals surface area contributed by atoms with Gasteiger partial charge in [-0.05, 0) is 37.0 Å². The SMILES string of the molecule is CCOC(=O)N1CCN(S(=O)(=O)c2cc(C(C)C)ccc2C)CC1. The van der Waals surface area contributed by atoms with Crippen LogP contribution in [0.25, 0.3) is 0 Å². The van der Waals surface area contributed by atoms with Crippen molar-refractivity contribution in [2.75, 3.05) is 32.8 Å². The number of benzene rings is 1. The Kier molecular flexibility index (Phi) is 5.87. The molecule has 1 saturated heterocycles. The van der Waals surface area contributed by atoms with Crippen LogP contribution in [0, 0.1) is 6.92 Å². The molecule has 0 saturated carbocycles. The molecule has 0 unspecified atom stereocenters. The third-order valence-corrected chi connectivity index (χ3v) is 6.30. The number of ether oxygens (including phenoxy) is 1. The zero-order valence-corrected chi connectivity index (χ0v) is 15.6. The van der Waals surface area contributed by atoms with Crippen LogP contribution in [-0.2, 0) is 14.8 Å². The van der Waals surface area contributed by atoms with Gasteiger partial charge in [0.05, 0.1) is 11.5 Å². The van der Waals surface area contributed by atoms with Crippen LogP contribution in [0.2, 0.25) is 0 Å². The molecule has 1 fully saturated rings. The molecule has 1 aromatic rings. The first kappa shape index (κ1) is 18.7. The molecule has 7 heteroatoms. The average Bonchev–Trinajstić information content (AvgIpc) is 2.55. The Balaban J connectivity index is 2.18. The summed E-state index contributed by atoms with van der Waals surface area (Å²) >= 11 is 0. The lowest BCUT2D eigenvalue weighted by molar-refractivity contribution is 0.0934. The molecule has 2 rings (SSSR count). The van der Waals surface area contributed by atoms with Crippen molar-refractivity contribution in [2.45, 2.75) is 38.5 Å². The van der Waals surface area contributed by atoms with Crippen molar-refractivity contribution in [3.8, 4) is 0 Å². The Morgan fingerprint density at radius 2 is 1.83 bits per heavy atom. The molecule has 0 N–H and O–H groups in total. The Bertz CT molecular complexity index is 693. The molecule has 1 aliphatic heterocycles. The average molecular weight is 354 g/mol. The lowest BCUT2D eigenvalue weighted by Crippen LogP contribution is -2.50. The second-order valence-electron chi connectivity index (χ2n) is 6.27. The number of hydrogen-bond donors (Lipinski definition) is 0. The Morgan fingerprint density at radius 1 is 1.21 bits per heavy atom. The van der Waals surface area contributed by atoms with Gasteiger partial charge in [0.15, 0.2) is 0 Å². The van der Waals surface area contributed by atoms with Gasteiger partial charge in [-0.3, -0.25) is 0 Å². The zero-order valence-electron chi connectivity index (χ0n) is 14.8. The highest BCUT2D eigenvalue weighted by atomic mass is 32.2. The second kappa shape index (κ2) is 7.53. The number of rotatable bonds is 4. The van der Waals surface area contributed by atoms with Crippen molar-refractivity contribution < 1.29 is 17.9 Å². The number of amides is 1. The molecule has 0 atom stereocenters. The van der Waals surface area contributed by atoms with Crippen molar-refractivity contribution in [3.63, 3.8) is 0 Å². The first-order valence-electron chi connectivity index (χ1n) is 8.29. The number of sulfonamides is 1. The van der Waals surface area contributed by atoms with Crippen molar-refractivity contribution >= 4 is 16.1 Å². The lowest BCUT2D eigenvalue weighted by atomic mass is 10.0. The Hall–Kier alpha value is -1.60. The van der Waals surface area contributed by atoms with E-state index in [9.17, 15) is 13.2 Å². The monoisotopic (exact) mass is 354 g/mol. The summed E-state index contributed by atoms with van der Waals surface area (Å²) in [5, 5.41) is 0. The number of carbonyl (C=O) groups excluding carboxylic acids is 1. The zero-order chi connectivity index (χ0) is 17.9. The highest BCUT2D eigenvalue weighted by Gasteiger charge is 2.31. The summed E-state index contributed by atoms with van der Waals surface area (Å²) in [6.45, 7) is 9.23. The van der Waals surface area contributed by atoms with E-state index >= 15 is 0 Å². The van der Waals surface area contributed by atoms with Crippen LogP contribution in [0.5, 0.6) is 0 Å². The van der Waals surface area contributed by atoms with E-state index in [4.69, 9.17) is 4.74 Å². The largest absolute Gasteiger partial charge is 0.450 e. The van der Waals surface area contributed by atoms with E-state index in [0.29, 0.717) is 24.6 Å². The fraction of sp³-hybridized carbons (Fsp3) is 0.588. The van der Waals surface area contributed by atoms with Crippen LogP contribution >= 0.6 is 0 Å². The van der Waals surface area contributed by atoms with Gasteiger partial charge in [-0.2, -0.15) is 4.31 Å². The minimum absolute atomic E-state index is 0.264. The van der Waals surface area contributed by atoms with Crippen LogP contribution in [0.15, 0.2) is 23.1 Å². The van der Waals surface area contributed by atoms with Gasteiger partial charge in [-0.1, -0.05) is 26.0 Å². The van der Waals surface area contributed by atoms with Gasteiger partial charge < -0.3 is 9.64 Å². The molecular weight excluding hydrogens is 328 g/mol. The fourth-order valence-electron chi connectivity index (χ4n) is 2.72. The highest BCUT2D eigenvalue weighted by molar-refractivity contribution is 7.89. The van der Waals surface area contributed by atoms with Gasteiger partial charge in [0, 0.05) is 26.2 Å². The molecule has 1 heterocycles. The maximum Gasteiger partial charge on any atom is 0.409 e. The van der Waals surface area contributed by atoms with E-state index in [1.807, 2.05) is 32.9 Å². The van der Waals surface area contributed by atoms with Crippen LogP contribution < -0.4 is 0 Å². The van der Waals surface area contributed by atoms with Gasteiger partial charge >= 0.3 is 6.09 Å². The molecular formula is C17H26N2O4S. The third-order valence-electron chi connectivity index (χ3n) is 4.26. The summed E-state index contributed by atoms with van der Waals surface area (Å²) in [5.74, 6) is 0.264. The quantitative estimate of drug-likeness (QED) is 0.833. The maximum atomic E-state index is 13.0. The summed E-state index contributed by atoms with van der Waals surface area (Å²) in [4.78, 5) is 13.6. The van der Waals surface area contributed by atoms with E-state index in [0.717, 1.165) is 11.1 Å². The molecule has 1 aromatic carbocycles. The predicted molar refractivity (Wildman–Crippen MR) is 92.6 cm³/mol. The number of hydrogen-bond acceptors (Lipinski definition) is 4. The van der Waals surface area contributed by atoms with E-state index < -0.39 is 10.0 Å². The first-order valence-corrected chi connectivity index (χ1v) is 9.73. The van der Waals surface area contributed by atoms with Crippen molar-refractivity contribution in [2.24, 2.45) is 0 Å². The van der Waals surface area contributed by atoms with Gasteiger partial charge in [-0.15, -0.1) is 0 Å². The number of piperazine rings is 1. The summed E-state index contributed by atoms with van der Waals surface area (Å²) in [7, 11) is -3.56. The number of nitrogens with zero attached hydrogens (tertiary/aromatic N) is 2. The maximum absolute atomic E-state index is 13.0. The van der Waals surface area contributed by atoms with Gasteiger partial charge in [0.1, 0.15) is 0 Å². The molecule has 0 spiro atoms. The normalized spacial score (nSPS) is 16.5. The van der Waals surface area contributed by atoms with Crippen LogP contribution in [0.3, 0.4) is 0 Å². The van der Waals surface area contributed by atoms with Crippen molar-refractivity contribution in [3.05, 3.63) is 29.3 Å². The molecule has 0 radical (unpaired) electrons. The summed E-state index contributed by atoms with van der Waals surface area (Å²) in [5.41, 5.74) is 1.75. The molecule has 0 aliphatic carbocycles. The lowest BCUT2D eigenvalue weighted by Gasteiger charge is -2.33. The standard InChI is InChI=1S/C17H26N2O4S/c1-5-23-17(20)18-8-10-19(11-9-18)24(21,22)16-12-15(13(2)3)7-6-14(16)4/h6-7,12-13H,5,8-11H2,1-4H3. The first-order chi connectivity index (χ1) is 11.3. The van der Waals surface area contributed by atoms with Crippen LogP contribution in [0.4, 0.5) is 4.79 Å². The topological polar surface area (TPSA) is 66.9 Å². The van der Waals surface area contributed by atoms with Crippen molar-refractivity contribution in [1.82, 2.24) is 9.21 Å². The molecule has 0 aromatic heterocycles. The summed E-state index contributed by atoms with van der Waals surface area (Å²) < 4.78 is 32.4. The van der Waals surface area contributed by atoms with Gasteiger partial charge in [0.2, 0.25) is 10.0 Å². The molecule has 134 valence electrons. The van der Waals surface area contributed by atoms with E-state index in [2.05, 4.69) is 0 Å². The molecule has 1 aliphatic rings. The van der Waals surface area contributed by atoms with Crippen LogP contribution in [0.1, 0.15) is 37.8 Å².